The van der Waals surface area contributed by atoms with E-state index in [0.29, 0.717) is 42.5 Å². The first-order valence-corrected chi connectivity index (χ1v) is 12.0. The van der Waals surface area contributed by atoms with Gasteiger partial charge in [-0.05, 0) is 74.6 Å². The molecule has 2 aromatic carbocycles. The Morgan fingerprint density at radius 2 is 1.70 bits per heavy atom. The van der Waals surface area contributed by atoms with E-state index in [1.807, 2.05) is 17.0 Å². The predicted octanol–water partition coefficient (Wildman–Crippen LogP) is 5.18. The van der Waals surface area contributed by atoms with Crippen molar-refractivity contribution in [2.24, 2.45) is 5.41 Å². The zero-order valence-corrected chi connectivity index (χ0v) is 19.5. The fourth-order valence-electron chi connectivity index (χ4n) is 4.84. The van der Waals surface area contributed by atoms with Gasteiger partial charge in [0.25, 0.3) is 5.91 Å². The van der Waals surface area contributed by atoms with Gasteiger partial charge in [0.1, 0.15) is 11.6 Å². The molecule has 7 heteroatoms. The Morgan fingerprint density at radius 3 is 2.42 bits per heavy atom. The Bertz CT molecular complexity index is 978. The Balaban J connectivity index is 1.53. The smallest absolute Gasteiger partial charge is 0.253 e. The summed E-state index contributed by atoms with van der Waals surface area (Å²) in [4.78, 5) is 30.1. The Kier molecular flexibility index (Phi) is 7.53. The van der Waals surface area contributed by atoms with Gasteiger partial charge in [0.05, 0.1) is 6.61 Å². The van der Waals surface area contributed by atoms with Crippen LogP contribution in [0.1, 0.15) is 48.9 Å². The number of ether oxygens (including phenoxy) is 1. The van der Waals surface area contributed by atoms with Crippen LogP contribution < -0.4 is 4.74 Å². The largest absolute Gasteiger partial charge is 0.493 e. The predicted molar refractivity (Wildman–Crippen MR) is 126 cm³/mol. The van der Waals surface area contributed by atoms with E-state index >= 15 is 0 Å². The van der Waals surface area contributed by atoms with Gasteiger partial charge >= 0.3 is 0 Å². The molecule has 0 aliphatic carbocycles. The maximum atomic E-state index is 13.3. The monoisotopic (exact) mass is 472 g/mol. The molecule has 0 spiro atoms. The molecule has 2 fully saturated rings. The summed E-state index contributed by atoms with van der Waals surface area (Å²) in [6, 6.07) is 12.8. The van der Waals surface area contributed by atoms with Crippen molar-refractivity contribution in [1.82, 2.24) is 9.80 Å². The topological polar surface area (TPSA) is 49.9 Å². The van der Waals surface area contributed by atoms with E-state index in [1.165, 1.54) is 24.3 Å². The zero-order chi connectivity index (χ0) is 23.3. The summed E-state index contributed by atoms with van der Waals surface area (Å²) in [5.41, 5.74) is -0.0459. The number of hydrogen-bond acceptors (Lipinski definition) is 3. The average Bonchev–Trinajstić information content (AvgIpc) is 2.84. The van der Waals surface area contributed by atoms with Gasteiger partial charge in [0.2, 0.25) is 5.91 Å². The van der Waals surface area contributed by atoms with Crippen molar-refractivity contribution >= 4 is 23.4 Å². The van der Waals surface area contributed by atoms with Crippen LogP contribution in [0, 0.1) is 11.2 Å². The molecular weight excluding hydrogens is 443 g/mol. The number of rotatable bonds is 6. The highest BCUT2D eigenvalue weighted by Crippen LogP contribution is 2.36. The summed E-state index contributed by atoms with van der Waals surface area (Å²) in [6.07, 6.45) is 5.13. The first kappa shape index (κ1) is 23.6. The molecule has 33 heavy (non-hydrogen) atoms. The lowest BCUT2D eigenvalue weighted by molar-refractivity contribution is -0.136. The fraction of sp³-hybridized carbons (Fsp3) is 0.462. The normalized spacial score (nSPS) is 21.0. The number of carbonyl (C=O) groups excluding carboxylic acids is 2. The fourth-order valence-corrected chi connectivity index (χ4v) is 5.02. The molecule has 1 unspecified atom stereocenters. The molecule has 0 bridgehead atoms. The molecule has 0 aromatic heterocycles. The second kappa shape index (κ2) is 10.6. The summed E-state index contributed by atoms with van der Waals surface area (Å²) in [5, 5.41) is 0.586. The maximum absolute atomic E-state index is 13.3. The first-order valence-electron chi connectivity index (χ1n) is 11.7. The van der Waals surface area contributed by atoms with Crippen molar-refractivity contribution in [3.05, 3.63) is 64.9 Å². The second-order valence-corrected chi connectivity index (χ2v) is 9.64. The van der Waals surface area contributed by atoms with E-state index in [4.69, 9.17) is 16.3 Å². The second-order valence-electron chi connectivity index (χ2n) is 9.20. The number of halogens is 2. The zero-order valence-electron chi connectivity index (χ0n) is 18.8. The SMILES string of the molecule is O=C(CC1(COc2cccc(Cl)c2)CCCN(C(=O)c2ccc(F)cc2)C1)N1CCCCC1. The molecule has 5 nitrogen and oxygen atoms in total. The van der Waals surface area contributed by atoms with E-state index in [2.05, 4.69) is 0 Å². The van der Waals surface area contributed by atoms with Crippen LogP contribution in [-0.2, 0) is 4.79 Å². The van der Waals surface area contributed by atoms with E-state index in [1.54, 1.807) is 17.0 Å². The third-order valence-corrected chi connectivity index (χ3v) is 6.85. The van der Waals surface area contributed by atoms with Gasteiger partial charge in [0, 0.05) is 48.6 Å². The molecule has 0 N–H and O–H groups in total. The number of nitrogens with zero attached hydrogens (tertiary/aromatic N) is 2. The minimum Gasteiger partial charge on any atom is -0.493 e. The number of amides is 2. The Hall–Kier alpha value is -2.60. The van der Waals surface area contributed by atoms with Gasteiger partial charge < -0.3 is 14.5 Å². The van der Waals surface area contributed by atoms with Crippen LogP contribution in [0.4, 0.5) is 4.39 Å². The minimum absolute atomic E-state index is 0.125. The highest BCUT2D eigenvalue weighted by molar-refractivity contribution is 6.30. The Morgan fingerprint density at radius 1 is 0.970 bits per heavy atom. The van der Waals surface area contributed by atoms with Gasteiger partial charge in [-0.1, -0.05) is 17.7 Å². The van der Waals surface area contributed by atoms with Crippen molar-refractivity contribution in [2.75, 3.05) is 32.8 Å². The molecule has 1 atom stereocenters. The molecule has 2 aromatic rings. The molecule has 2 aliphatic rings. The van der Waals surface area contributed by atoms with Crippen LogP contribution in [0.5, 0.6) is 5.75 Å². The van der Waals surface area contributed by atoms with Gasteiger partial charge in [-0.25, -0.2) is 4.39 Å². The van der Waals surface area contributed by atoms with Crippen LogP contribution in [0.15, 0.2) is 48.5 Å². The van der Waals surface area contributed by atoms with Gasteiger partial charge in [-0.2, -0.15) is 0 Å². The molecule has 2 heterocycles. The van der Waals surface area contributed by atoms with Crippen molar-refractivity contribution in [1.29, 1.82) is 0 Å². The lowest BCUT2D eigenvalue weighted by Gasteiger charge is -2.43. The average molecular weight is 473 g/mol. The highest BCUT2D eigenvalue weighted by Gasteiger charge is 2.41. The Labute approximate surface area is 199 Å². The number of piperidine rings is 2. The summed E-state index contributed by atoms with van der Waals surface area (Å²) in [6.45, 7) is 2.93. The molecule has 0 saturated carbocycles. The highest BCUT2D eigenvalue weighted by atomic mass is 35.5. The van der Waals surface area contributed by atoms with Crippen LogP contribution >= 0.6 is 11.6 Å². The van der Waals surface area contributed by atoms with Crippen LogP contribution in [0.25, 0.3) is 0 Å². The number of benzene rings is 2. The lowest BCUT2D eigenvalue weighted by atomic mass is 9.77. The third kappa shape index (κ3) is 6.05. The molecule has 2 aliphatic heterocycles. The summed E-state index contributed by atoms with van der Waals surface area (Å²) < 4.78 is 19.5. The van der Waals surface area contributed by atoms with Gasteiger partial charge in [-0.3, -0.25) is 9.59 Å². The van der Waals surface area contributed by atoms with Gasteiger partial charge in [-0.15, -0.1) is 0 Å². The van der Waals surface area contributed by atoms with Crippen LogP contribution in [0.2, 0.25) is 5.02 Å². The van der Waals surface area contributed by atoms with E-state index in [-0.39, 0.29) is 17.6 Å². The maximum Gasteiger partial charge on any atom is 0.253 e. The van der Waals surface area contributed by atoms with Crippen molar-refractivity contribution in [3.8, 4) is 5.75 Å². The third-order valence-electron chi connectivity index (χ3n) is 6.62. The van der Waals surface area contributed by atoms with Crippen molar-refractivity contribution in [3.63, 3.8) is 0 Å². The van der Waals surface area contributed by atoms with Crippen LogP contribution in [0.3, 0.4) is 0 Å². The summed E-state index contributed by atoms with van der Waals surface area (Å²) in [7, 11) is 0. The molecule has 4 rings (SSSR count). The molecular formula is C26H30ClFN2O3. The number of hydrogen-bond donors (Lipinski definition) is 0. The minimum atomic E-state index is -0.495. The van der Waals surface area contributed by atoms with E-state index < -0.39 is 5.41 Å². The van der Waals surface area contributed by atoms with E-state index in [0.717, 1.165) is 45.2 Å². The lowest BCUT2D eigenvalue weighted by Crippen LogP contribution is -2.51. The van der Waals surface area contributed by atoms with Crippen molar-refractivity contribution < 1.29 is 18.7 Å². The first-order chi connectivity index (χ1) is 15.9. The molecule has 2 saturated heterocycles. The number of likely N-dealkylation sites (tertiary alicyclic amines) is 2. The molecule has 0 radical (unpaired) electrons. The number of carbonyl (C=O) groups is 2. The summed E-state index contributed by atoms with van der Waals surface area (Å²) >= 11 is 6.11. The van der Waals surface area contributed by atoms with Crippen LogP contribution in [-0.4, -0.2) is 54.4 Å². The standard InChI is InChI=1S/C26H30ClFN2O3/c27-21-6-4-7-23(16-21)33-19-26(17-24(31)29-13-2-1-3-14-29)12-5-15-30(18-26)25(32)20-8-10-22(28)11-9-20/h4,6-11,16H,1-3,5,12-15,17-19H2. The quantitative estimate of drug-likeness (QED) is 0.581. The molecule has 2 amide bonds. The van der Waals surface area contributed by atoms with E-state index in [9.17, 15) is 14.0 Å². The summed E-state index contributed by atoms with van der Waals surface area (Å²) in [5.74, 6) is 0.253. The van der Waals surface area contributed by atoms with Crippen molar-refractivity contribution in [2.45, 2.75) is 38.5 Å². The molecule has 176 valence electrons. The van der Waals surface area contributed by atoms with Gasteiger partial charge in [0.15, 0.2) is 0 Å².